The van der Waals surface area contributed by atoms with Crippen LogP contribution >= 0.6 is 15.9 Å². The van der Waals surface area contributed by atoms with E-state index in [-0.39, 0.29) is 0 Å². The van der Waals surface area contributed by atoms with Crippen molar-refractivity contribution >= 4 is 22.0 Å². The molecule has 0 atom stereocenters. The van der Waals surface area contributed by atoms with Crippen LogP contribution in [0.4, 0.5) is 0 Å². The smallest absolute Gasteiger partial charge is 0.0181 e. The first-order chi connectivity index (χ1) is 6.22. The van der Waals surface area contributed by atoms with Crippen molar-refractivity contribution < 1.29 is 0 Å². The summed E-state index contributed by atoms with van der Waals surface area (Å²) < 4.78 is 1.12. The quantitative estimate of drug-likeness (QED) is 0.856. The summed E-state index contributed by atoms with van der Waals surface area (Å²) in [5.74, 6) is 0. The van der Waals surface area contributed by atoms with Crippen LogP contribution in [-0.4, -0.2) is 13.6 Å². The van der Waals surface area contributed by atoms with Gasteiger partial charge in [-0.05, 0) is 31.7 Å². The third-order valence-electron chi connectivity index (χ3n) is 1.72. The Labute approximate surface area is 88.0 Å². The molecule has 0 amide bonds. The van der Waals surface area contributed by atoms with Gasteiger partial charge >= 0.3 is 0 Å². The van der Waals surface area contributed by atoms with Crippen molar-refractivity contribution in [3.63, 3.8) is 0 Å². The zero-order valence-corrected chi connectivity index (χ0v) is 9.56. The zero-order valence-electron chi connectivity index (χ0n) is 7.97. The van der Waals surface area contributed by atoms with Crippen LogP contribution in [0.2, 0.25) is 0 Å². The molecule has 0 aliphatic heterocycles. The average molecular weight is 240 g/mol. The Morgan fingerprint density at radius 3 is 2.92 bits per heavy atom. The van der Waals surface area contributed by atoms with E-state index in [0.717, 1.165) is 11.0 Å². The Morgan fingerprint density at radius 2 is 2.31 bits per heavy atom. The second kappa shape index (κ2) is 5.20. The summed E-state index contributed by atoms with van der Waals surface area (Å²) in [6.07, 6.45) is 2.18. The highest BCUT2D eigenvalue weighted by molar-refractivity contribution is 9.10. The van der Waals surface area contributed by atoms with E-state index in [4.69, 9.17) is 0 Å². The van der Waals surface area contributed by atoms with Crippen LogP contribution in [0, 0.1) is 0 Å². The van der Waals surface area contributed by atoms with Crippen molar-refractivity contribution in [3.8, 4) is 0 Å². The van der Waals surface area contributed by atoms with Gasteiger partial charge in [-0.2, -0.15) is 0 Å². The standard InChI is InChI=1S/C11H14BrN/c1-9(8-13-2)6-10-4-3-5-11(12)7-10/h3-7,13H,8H2,1-2H3. The van der Waals surface area contributed by atoms with Crippen LogP contribution in [-0.2, 0) is 0 Å². The molecule has 1 aromatic rings. The van der Waals surface area contributed by atoms with Crippen molar-refractivity contribution in [2.45, 2.75) is 6.92 Å². The minimum atomic E-state index is 0.937. The second-order valence-electron chi connectivity index (χ2n) is 3.08. The fraction of sp³-hybridized carbons (Fsp3) is 0.273. The number of benzene rings is 1. The van der Waals surface area contributed by atoms with E-state index in [0.29, 0.717) is 0 Å². The maximum Gasteiger partial charge on any atom is 0.0181 e. The van der Waals surface area contributed by atoms with Gasteiger partial charge in [0.25, 0.3) is 0 Å². The second-order valence-corrected chi connectivity index (χ2v) is 3.99. The normalized spacial score (nSPS) is 11.8. The molecule has 2 heteroatoms. The van der Waals surface area contributed by atoms with E-state index in [2.05, 4.69) is 46.4 Å². The molecule has 1 N–H and O–H groups in total. The molecular formula is C11H14BrN. The molecule has 0 unspecified atom stereocenters. The van der Waals surface area contributed by atoms with Gasteiger partial charge in [-0.1, -0.05) is 39.7 Å². The number of nitrogens with one attached hydrogen (secondary N) is 1. The number of hydrogen-bond donors (Lipinski definition) is 1. The lowest BCUT2D eigenvalue weighted by atomic mass is 10.1. The van der Waals surface area contributed by atoms with Crippen LogP contribution in [0.5, 0.6) is 0 Å². The minimum absolute atomic E-state index is 0.937. The average Bonchev–Trinajstić information content (AvgIpc) is 2.04. The third-order valence-corrected chi connectivity index (χ3v) is 2.21. The van der Waals surface area contributed by atoms with Crippen molar-refractivity contribution in [1.82, 2.24) is 5.32 Å². The fourth-order valence-electron chi connectivity index (χ4n) is 1.21. The predicted molar refractivity (Wildman–Crippen MR) is 61.7 cm³/mol. The lowest BCUT2D eigenvalue weighted by Gasteiger charge is -2.00. The highest BCUT2D eigenvalue weighted by atomic mass is 79.9. The molecule has 70 valence electrons. The van der Waals surface area contributed by atoms with Gasteiger partial charge in [0.1, 0.15) is 0 Å². The molecule has 1 nitrogen and oxygen atoms in total. The first-order valence-corrected chi connectivity index (χ1v) is 5.09. The van der Waals surface area contributed by atoms with Gasteiger partial charge in [0.05, 0.1) is 0 Å². The van der Waals surface area contributed by atoms with E-state index < -0.39 is 0 Å². The molecule has 1 rings (SSSR count). The minimum Gasteiger partial charge on any atom is -0.316 e. The maximum atomic E-state index is 3.45. The monoisotopic (exact) mass is 239 g/mol. The summed E-state index contributed by atoms with van der Waals surface area (Å²) in [6.45, 7) is 3.06. The molecule has 0 saturated heterocycles. The molecule has 0 radical (unpaired) electrons. The predicted octanol–water partition coefficient (Wildman–Crippen LogP) is 3.07. The largest absolute Gasteiger partial charge is 0.316 e. The maximum absolute atomic E-state index is 3.45. The van der Waals surface area contributed by atoms with Crippen LogP contribution in [0.25, 0.3) is 6.08 Å². The van der Waals surface area contributed by atoms with Crippen LogP contribution in [0.3, 0.4) is 0 Å². The fourth-order valence-corrected chi connectivity index (χ4v) is 1.63. The number of likely N-dealkylation sites (N-methyl/N-ethyl adjacent to an activating group) is 1. The van der Waals surface area contributed by atoms with E-state index in [1.165, 1.54) is 11.1 Å². The van der Waals surface area contributed by atoms with Crippen LogP contribution in [0.1, 0.15) is 12.5 Å². The zero-order chi connectivity index (χ0) is 9.68. The lowest BCUT2D eigenvalue weighted by molar-refractivity contribution is 0.884. The molecule has 0 aliphatic carbocycles. The van der Waals surface area contributed by atoms with Gasteiger partial charge in [-0.15, -0.1) is 0 Å². The molecule has 0 fully saturated rings. The Bertz CT molecular complexity index is 305. The topological polar surface area (TPSA) is 12.0 Å². The summed E-state index contributed by atoms with van der Waals surface area (Å²) in [7, 11) is 1.96. The van der Waals surface area contributed by atoms with Gasteiger partial charge in [0.15, 0.2) is 0 Å². The van der Waals surface area contributed by atoms with Gasteiger partial charge < -0.3 is 5.32 Å². The number of hydrogen-bond acceptors (Lipinski definition) is 1. The first-order valence-electron chi connectivity index (χ1n) is 4.29. The molecule has 1 aromatic carbocycles. The highest BCUT2D eigenvalue weighted by Gasteiger charge is 1.91. The summed E-state index contributed by atoms with van der Waals surface area (Å²) in [6, 6.07) is 8.29. The van der Waals surface area contributed by atoms with Crippen LogP contribution < -0.4 is 5.32 Å². The molecule has 0 heterocycles. The summed E-state index contributed by atoms with van der Waals surface area (Å²) in [4.78, 5) is 0. The van der Waals surface area contributed by atoms with Crippen LogP contribution in [0.15, 0.2) is 34.3 Å². The molecule has 0 aliphatic rings. The van der Waals surface area contributed by atoms with Crippen molar-refractivity contribution in [3.05, 3.63) is 39.9 Å². The number of halogens is 1. The van der Waals surface area contributed by atoms with E-state index in [1.807, 2.05) is 19.2 Å². The SMILES string of the molecule is CNCC(C)=Cc1cccc(Br)c1. The third kappa shape index (κ3) is 3.75. The first kappa shape index (κ1) is 10.5. The van der Waals surface area contributed by atoms with E-state index >= 15 is 0 Å². The Hall–Kier alpha value is -0.600. The highest BCUT2D eigenvalue weighted by Crippen LogP contribution is 2.13. The summed E-state index contributed by atoms with van der Waals surface area (Å²) >= 11 is 3.45. The molecule has 0 spiro atoms. The van der Waals surface area contributed by atoms with Gasteiger partial charge in [0.2, 0.25) is 0 Å². The number of rotatable bonds is 3. The van der Waals surface area contributed by atoms with Crippen molar-refractivity contribution in [2.75, 3.05) is 13.6 Å². The summed E-state index contributed by atoms with van der Waals surface area (Å²) in [5.41, 5.74) is 2.57. The van der Waals surface area contributed by atoms with Crippen molar-refractivity contribution in [2.24, 2.45) is 0 Å². The van der Waals surface area contributed by atoms with Crippen molar-refractivity contribution in [1.29, 1.82) is 0 Å². The van der Waals surface area contributed by atoms with E-state index in [1.54, 1.807) is 0 Å². The van der Waals surface area contributed by atoms with E-state index in [9.17, 15) is 0 Å². The summed E-state index contributed by atoms with van der Waals surface area (Å²) in [5, 5.41) is 3.12. The molecule has 0 aromatic heterocycles. The molecule has 0 saturated carbocycles. The molecular weight excluding hydrogens is 226 g/mol. The van der Waals surface area contributed by atoms with Gasteiger partial charge in [-0.3, -0.25) is 0 Å². The lowest BCUT2D eigenvalue weighted by Crippen LogP contribution is -2.08. The molecule has 13 heavy (non-hydrogen) atoms. The van der Waals surface area contributed by atoms with Gasteiger partial charge in [-0.25, -0.2) is 0 Å². The molecule has 0 bridgehead atoms. The Balaban J connectivity index is 2.78. The van der Waals surface area contributed by atoms with Gasteiger partial charge in [0, 0.05) is 11.0 Å². The Kier molecular flexibility index (Phi) is 4.19. The Morgan fingerprint density at radius 1 is 1.54 bits per heavy atom.